The van der Waals surface area contributed by atoms with Crippen molar-refractivity contribution in [1.82, 2.24) is 24.2 Å². The zero-order valence-corrected chi connectivity index (χ0v) is 17.4. The Balaban J connectivity index is 1.43. The Morgan fingerprint density at radius 2 is 1.77 bits per heavy atom. The van der Waals surface area contributed by atoms with Gasteiger partial charge in [-0.05, 0) is 36.3 Å². The number of H-pyrrole nitrogens is 1. The lowest BCUT2D eigenvalue weighted by Gasteiger charge is -2.25. The molecule has 9 heteroatoms. The SMILES string of the molecule is Nc1ncc(C2=CCN(S(=O)(=O)c3ccccc3)CC2)nc1-c1nc2ccccc2[nH]1. The van der Waals surface area contributed by atoms with Crippen LogP contribution in [-0.2, 0) is 10.0 Å². The number of nitrogens with one attached hydrogen (secondary N) is 1. The van der Waals surface area contributed by atoms with E-state index in [2.05, 4.69) is 19.9 Å². The minimum absolute atomic E-state index is 0.276. The molecule has 0 fully saturated rings. The summed E-state index contributed by atoms with van der Waals surface area (Å²) in [5, 5.41) is 0. The Kier molecular flexibility index (Phi) is 4.76. The summed E-state index contributed by atoms with van der Waals surface area (Å²) in [5.74, 6) is 0.838. The minimum Gasteiger partial charge on any atom is -0.382 e. The van der Waals surface area contributed by atoms with Gasteiger partial charge in [0, 0.05) is 13.1 Å². The Morgan fingerprint density at radius 3 is 2.52 bits per heavy atom. The molecule has 0 saturated heterocycles. The smallest absolute Gasteiger partial charge is 0.243 e. The summed E-state index contributed by atoms with van der Waals surface area (Å²) in [4.78, 5) is 17.1. The molecule has 1 aliphatic heterocycles. The molecular weight excluding hydrogens is 412 g/mol. The second-order valence-corrected chi connectivity index (χ2v) is 9.19. The lowest BCUT2D eigenvalue weighted by atomic mass is 10.1. The van der Waals surface area contributed by atoms with Crippen molar-refractivity contribution in [2.24, 2.45) is 0 Å². The van der Waals surface area contributed by atoms with Gasteiger partial charge in [0.25, 0.3) is 0 Å². The van der Waals surface area contributed by atoms with Crippen molar-refractivity contribution in [3.63, 3.8) is 0 Å². The monoisotopic (exact) mass is 432 g/mol. The molecule has 0 unspecified atom stereocenters. The Hall–Kier alpha value is -3.56. The van der Waals surface area contributed by atoms with Gasteiger partial charge in [0.1, 0.15) is 5.69 Å². The lowest BCUT2D eigenvalue weighted by Crippen LogP contribution is -2.34. The average molecular weight is 433 g/mol. The van der Waals surface area contributed by atoms with E-state index >= 15 is 0 Å². The normalized spacial score (nSPS) is 15.2. The van der Waals surface area contributed by atoms with Crippen LogP contribution in [0.4, 0.5) is 5.82 Å². The van der Waals surface area contributed by atoms with Crippen LogP contribution < -0.4 is 5.73 Å². The van der Waals surface area contributed by atoms with Crippen molar-refractivity contribution in [2.75, 3.05) is 18.8 Å². The number of anilines is 1. The predicted molar refractivity (Wildman–Crippen MR) is 119 cm³/mol. The summed E-state index contributed by atoms with van der Waals surface area (Å²) in [6.45, 7) is 0.647. The molecule has 0 bridgehead atoms. The fourth-order valence-corrected chi connectivity index (χ4v) is 5.04. The molecule has 0 aliphatic carbocycles. The van der Waals surface area contributed by atoms with Crippen LogP contribution in [0.1, 0.15) is 12.1 Å². The van der Waals surface area contributed by atoms with Crippen LogP contribution in [0.2, 0.25) is 0 Å². The molecule has 2 aromatic heterocycles. The highest BCUT2D eigenvalue weighted by Crippen LogP contribution is 2.28. The van der Waals surface area contributed by atoms with Gasteiger partial charge in [0.2, 0.25) is 10.0 Å². The summed E-state index contributed by atoms with van der Waals surface area (Å²) in [6, 6.07) is 16.2. The van der Waals surface area contributed by atoms with E-state index in [0.29, 0.717) is 35.1 Å². The van der Waals surface area contributed by atoms with E-state index in [1.54, 1.807) is 36.5 Å². The zero-order valence-electron chi connectivity index (χ0n) is 16.6. The molecule has 0 atom stereocenters. The number of fused-ring (bicyclic) bond motifs is 1. The highest BCUT2D eigenvalue weighted by Gasteiger charge is 2.26. The third kappa shape index (κ3) is 3.58. The summed E-state index contributed by atoms with van der Waals surface area (Å²) in [7, 11) is -3.52. The standard InChI is InChI=1S/C22H20N6O2S/c23-21-20(22-26-17-8-4-5-9-18(17)27-22)25-19(14-24-21)15-10-12-28(13-11-15)31(29,30)16-6-2-1-3-7-16/h1-10,14H,11-13H2,(H2,23,24)(H,26,27). The van der Waals surface area contributed by atoms with Crippen molar-refractivity contribution in [1.29, 1.82) is 0 Å². The maximum atomic E-state index is 12.8. The predicted octanol–water partition coefficient (Wildman–Crippen LogP) is 3.08. The number of hydrogen-bond donors (Lipinski definition) is 2. The maximum absolute atomic E-state index is 12.8. The fraction of sp³-hybridized carbons (Fsp3) is 0.136. The Bertz CT molecular complexity index is 1360. The highest BCUT2D eigenvalue weighted by atomic mass is 32.2. The molecule has 0 spiro atoms. The number of aromatic amines is 1. The minimum atomic E-state index is -3.52. The van der Waals surface area contributed by atoms with E-state index in [1.807, 2.05) is 30.3 Å². The van der Waals surface area contributed by atoms with Gasteiger partial charge in [-0.25, -0.2) is 23.4 Å². The van der Waals surface area contributed by atoms with E-state index in [0.717, 1.165) is 16.6 Å². The number of nitrogens with two attached hydrogens (primary N) is 1. The molecule has 0 radical (unpaired) electrons. The van der Waals surface area contributed by atoms with E-state index in [4.69, 9.17) is 5.73 Å². The second kappa shape index (κ2) is 7.60. The molecule has 0 amide bonds. The van der Waals surface area contributed by atoms with Crippen LogP contribution in [-0.4, -0.2) is 45.7 Å². The first-order valence-electron chi connectivity index (χ1n) is 9.84. The Morgan fingerprint density at radius 1 is 1.00 bits per heavy atom. The number of para-hydroxylation sites is 2. The van der Waals surface area contributed by atoms with Crippen molar-refractivity contribution in [3.05, 3.63) is 72.6 Å². The van der Waals surface area contributed by atoms with Gasteiger partial charge < -0.3 is 10.7 Å². The van der Waals surface area contributed by atoms with Crippen LogP contribution in [0.15, 0.2) is 71.8 Å². The maximum Gasteiger partial charge on any atom is 0.243 e. The largest absolute Gasteiger partial charge is 0.382 e. The van der Waals surface area contributed by atoms with Crippen LogP contribution in [0, 0.1) is 0 Å². The van der Waals surface area contributed by atoms with Crippen molar-refractivity contribution in [2.45, 2.75) is 11.3 Å². The second-order valence-electron chi connectivity index (χ2n) is 7.25. The van der Waals surface area contributed by atoms with Crippen molar-refractivity contribution >= 4 is 32.4 Å². The summed E-state index contributed by atoms with van der Waals surface area (Å²) < 4.78 is 27.1. The number of benzene rings is 2. The molecule has 8 nitrogen and oxygen atoms in total. The van der Waals surface area contributed by atoms with Crippen LogP contribution in [0.3, 0.4) is 0 Å². The number of nitrogens with zero attached hydrogens (tertiary/aromatic N) is 4. The van der Waals surface area contributed by atoms with E-state index < -0.39 is 10.0 Å². The number of aromatic nitrogens is 4. The van der Waals surface area contributed by atoms with Gasteiger partial charge in [-0.3, -0.25) is 0 Å². The molecular formula is C22H20N6O2S. The summed E-state index contributed by atoms with van der Waals surface area (Å²) in [5.41, 5.74) is 9.87. The number of imidazole rings is 1. The molecule has 31 heavy (non-hydrogen) atoms. The number of sulfonamides is 1. The molecule has 3 N–H and O–H groups in total. The van der Waals surface area contributed by atoms with Crippen molar-refractivity contribution in [3.8, 4) is 11.5 Å². The molecule has 0 saturated carbocycles. The zero-order chi connectivity index (χ0) is 21.4. The van der Waals surface area contributed by atoms with Gasteiger partial charge in [-0.1, -0.05) is 36.4 Å². The topological polar surface area (TPSA) is 118 Å². The summed E-state index contributed by atoms with van der Waals surface area (Å²) >= 11 is 0. The van der Waals surface area contributed by atoms with Gasteiger partial charge >= 0.3 is 0 Å². The lowest BCUT2D eigenvalue weighted by molar-refractivity contribution is 0.441. The van der Waals surface area contributed by atoms with Crippen LogP contribution in [0.5, 0.6) is 0 Å². The first kappa shape index (κ1) is 19.4. The van der Waals surface area contributed by atoms with E-state index in [-0.39, 0.29) is 12.4 Å². The third-order valence-electron chi connectivity index (χ3n) is 5.30. The number of rotatable bonds is 4. The van der Waals surface area contributed by atoms with Gasteiger partial charge in [0.05, 0.1) is 27.8 Å². The number of nitrogen functional groups attached to an aromatic ring is 1. The van der Waals surface area contributed by atoms with E-state index in [1.165, 1.54) is 4.31 Å². The molecule has 2 aromatic carbocycles. The molecule has 4 aromatic rings. The van der Waals surface area contributed by atoms with Crippen molar-refractivity contribution < 1.29 is 8.42 Å². The summed E-state index contributed by atoms with van der Waals surface area (Å²) in [6.07, 6.45) is 4.03. The number of hydrogen-bond acceptors (Lipinski definition) is 6. The van der Waals surface area contributed by atoms with Gasteiger partial charge in [0.15, 0.2) is 11.6 Å². The molecule has 156 valence electrons. The fourth-order valence-electron chi connectivity index (χ4n) is 3.64. The van der Waals surface area contributed by atoms with Gasteiger partial charge in [-0.15, -0.1) is 0 Å². The molecule has 5 rings (SSSR count). The molecule has 1 aliphatic rings. The highest BCUT2D eigenvalue weighted by molar-refractivity contribution is 7.89. The van der Waals surface area contributed by atoms with Crippen LogP contribution >= 0.6 is 0 Å². The first-order valence-corrected chi connectivity index (χ1v) is 11.3. The Labute approximate surface area is 179 Å². The third-order valence-corrected chi connectivity index (χ3v) is 7.18. The van der Waals surface area contributed by atoms with Crippen LogP contribution in [0.25, 0.3) is 28.1 Å². The average Bonchev–Trinajstić information content (AvgIpc) is 3.24. The molecule has 3 heterocycles. The van der Waals surface area contributed by atoms with E-state index in [9.17, 15) is 8.42 Å². The quantitative estimate of drug-likeness (QED) is 0.512. The van der Waals surface area contributed by atoms with Gasteiger partial charge in [-0.2, -0.15) is 4.31 Å². The first-order chi connectivity index (χ1) is 15.0.